The summed E-state index contributed by atoms with van der Waals surface area (Å²) in [6.45, 7) is 5.87. The molecular weight excluding hydrogens is 220 g/mol. The van der Waals surface area contributed by atoms with Crippen LogP contribution in [0.25, 0.3) is 0 Å². The van der Waals surface area contributed by atoms with Gasteiger partial charge in [0.2, 0.25) is 0 Å². The van der Waals surface area contributed by atoms with Gasteiger partial charge in [-0.1, -0.05) is 18.6 Å². The van der Waals surface area contributed by atoms with E-state index in [1.54, 1.807) is 0 Å². The number of methoxy groups -OCH3 is 2. The molecule has 96 valence electrons. The molecule has 0 aromatic rings. The van der Waals surface area contributed by atoms with Gasteiger partial charge in [0.05, 0.1) is 14.2 Å². The average molecular weight is 240 g/mol. The summed E-state index contributed by atoms with van der Waals surface area (Å²) in [6.07, 6.45) is 2.82. The van der Waals surface area contributed by atoms with Gasteiger partial charge in [0, 0.05) is 0 Å². The van der Waals surface area contributed by atoms with E-state index in [0.29, 0.717) is 0 Å². The van der Waals surface area contributed by atoms with E-state index in [2.05, 4.69) is 6.58 Å². The van der Waals surface area contributed by atoms with Crippen molar-refractivity contribution in [2.24, 2.45) is 17.8 Å². The minimum Gasteiger partial charge on any atom is -0.468 e. The molecule has 0 aliphatic heterocycles. The third-order valence-corrected chi connectivity index (χ3v) is 3.54. The fourth-order valence-electron chi connectivity index (χ4n) is 2.70. The van der Waals surface area contributed by atoms with E-state index in [0.717, 1.165) is 24.8 Å². The van der Waals surface area contributed by atoms with Crippen LogP contribution >= 0.6 is 0 Å². The molecule has 0 radical (unpaired) electrons. The highest BCUT2D eigenvalue weighted by Crippen LogP contribution is 2.41. The summed E-state index contributed by atoms with van der Waals surface area (Å²) < 4.78 is 9.41. The van der Waals surface area contributed by atoms with Crippen LogP contribution in [0.1, 0.15) is 26.2 Å². The number of hydrogen-bond acceptors (Lipinski definition) is 4. The number of carbonyl (C=O) groups excluding carboxylic acids is 2. The summed E-state index contributed by atoms with van der Waals surface area (Å²) in [6, 6.07) is 0. The summed E-state index contributed by atoms with van der Waals surface area (Å²) in [7, 11) is 2.59. The summed E-state index contributed by atoms with van der Waals surface area (Å²) in [4.78, 5) is 23.4. The third-order valence-electron chi connectivity index (χ3n) is 3.54. The maximum absolute atomic E-state index is 11.7. The van der Waals surface area contributed by atoms with Crippen LogP contribution in [0.3, 0.4) is 0 Å². The molecule has 0 saturated heterocycles. The van der Waals surface area contributed by atoms with Crippen molar-refractivity contribution in [3.8, 4) is 0 Å². The van der Waals surface area contributed by atoms with Crippen molar-refractivity contribution >= 4 is 11.9 Å². The zero-order valence-corrected chi connectivity index (χ0v) is 10.7. The molecule has 1 fully saturated rings. The fourth-order valence-corrected chi connectivity index (χ4v) is 2.70. The molecule has 1 aliphatic carbocycles. The van der Waals surface area contributed by atoms with Crippen LogP contribution in [-0.2, 0) is 19.1 Å². The smallest absolute Gasteiger partial charge is 0.320 e. The second kappa shape index (κ2) is 5.84. The highest BCUT2D eigenvalue weighted by atomic mass is 16.5. The van der Waals surface area contributed by atoms with Gasteiger partial charge in [-0.3, -0.25) is 9.59 Å². The van der Waals surface area contributed by atoms with E-state index in [4.69, 9.17) is 9.47 Å². The van der Waals surface area contributed by atoms with Crippen LogP contribution in [0.4, 0.5) is 0 Å². The van der Waals surface area contributed by atoms with Crippen LogP contribution < -0.4 is 0 Å². The molecule has 0 spiro atoms. The van der Waals surface area contributed by atoms with Crippen molar-refractivity contribution in [1.82, 2.24) is 0 Å². The number of hydrogen-bond donors (Lipinski definition) is 0. The van der Waals surface area contributed by atoms with E-state index in [9.17, 15) is 9.59 Å². The molecule has 2 atom stereocenters. The molecule has 0 amide bonds. The second-order valence-corrected chi connectivity index (χ2v) is 4.57. The number of carbonyl (C=O) groups is 2. The van der Waals surface area contributed by atoms with Gasteiger partial charge in [-0.15, -0.1) is 0 Å². The topological polar surface area (TPSA) is 52.6 Å². The van der Waals surface area contributed by atoms with E-state index < -0.39 is 17.9 Å². The van der Waals surface area contributed by atoms with Crippen LogP contribution in [-0.4, -0.2) is 26.2 Å². The maximum Gasteiger partial charge on any atom is 0.320 e. The normalized spacial score (nSPS) is 23.5. The first kappa shape index (κ1) is 13.7. The minimum atomic E-state index is -0.811. The van der Waals surface area contributed by atoms with Crippen molar-refractivity contribution < 1.29 is 19.1 Å². The molecule has 1 rings (SSSR count). The Hall–Kier alpha value is -1.32. The van der Waals surface area contributed by atoms with E-state index in [-0.39, 0.29) is 11.8 Å². The Morgan fingerprint density at radius 3 is 2.12 bits per heavy atom. The molecule has 1 saturated carbocycles. The zero-order valence-electron chi connectivity index (χ0n) is 10.7. The van der Waals surface area contributed by atoms with Gasteiger partial charge in [0.1, 0.15) is 0 Å². The van der Waals surface area contributed by atoms with E-state index in [1.807, 2.05) is 6.92 Å². The number of allylic oxidation sites excluding steroid dienone is 1. The van der Waals surface area contributed by atoms with Gasteiger partial charge in [-0.2, -0.15) is 0 Å². The first-order valence-electron chi connectivity index (χ1n) is 5.84. The molecule has 0 aromatic heterocycles. The SMILES string of the molecule is C=C(C)[C@@H]1CCC[C@H]1C(C(=O)OC)C(=O)OC. The predicted molar refractivity (Wildman–Crippen MR) is 63.2 cm³/mol. The zero-order chi connectivity index (χ0) is 13.0. The average Bonchev–Trinajstić information content (AvgIpc) is 2.77. The molecule has 1 aliphatic rings. The highest BCUT2D eigenvalue weighted by Gasteiger charge is 2.43. The summed E-state index contributed by atoms with van der Waals surface area (Å²) in [5, 5.41) is 0. The molecule has 0 bridgehead atoms. The molecule has 0 heterocycles. The molecule has 0 N–H and O–H groups in total. The van der Waals surface area contributed by atoms with Gasteiger partial charge in [-0.25, -0.2) is 0 Å². The van der Waals surface area contributed by atoms with E-state index >= 15 is 0 Å². The Kier molecular flexibility index (Phi) is 4.73. The molecule has 0 unspecified atom stereocenters. The quantitative estimate of drug-likeness (QED) is 0.428. The molecule has 4 nitrogen and oxygen atoms in total. The number of rotatable bonds is 4. The molecule has 0 aromatic carbocycles. The maximum atomic E-state index is 11.7. The van der Waals surface area contributed by atoms with Gasteiger partial charge in [0.25, 0.3) is 0 Å². The van der Waals surface area contributed by atoms with E-state index in [1.165, 1.54) is 14.2 Å². The summed E-state index contributed by atoms with van der Waals surface area (Å²) in [5.74, 6) is -1.65. The monoisotopic (exact) mass is 240 g/mol. The molecule has 17 heavy (non-hydrogen) atoms. The summed E-state index contributed by atoms with van der Waals surface area (Å²) >= 11 is 0. The van der Waals surface area contributed by atoms with Crippen LogP contribution in [0.2, 0.25) is 0 Å². The minimum absolute atomic E-state index is 0.0348. The van der Waals surface area contributed by atoms with Crippen molar-refractivity contribution in [3.63, 3.8) is 0 Å². The third kappa shape index (κ3) is 2.87. The van der Waals surface area contributed by atoms with Crippen molar-refractivity contribution in [3.05, 3.63) is 12.2 Å². The fraction of sp³-hybridized carbons (Fsp3) is 0.692. The summed E-state index contributed by atoms with van der Waals surface area (Å²) in [5.41, 5.74) is 1.02. The Labute approximate surface area is 102 Å². The predicted octanol–water partition coefficient (Wildman–Crippen LogP) is 1.94. The Morgan fingerprint density at radius 2 is 1.71 bits per heavy atom. The Balaban J connectivity index is 2.93. The number of esters is 2. The molecular formula is C13H20O4. The standard InChI is InChI=1S/C13H20O4/c1-8(2)9-6-5-7-10(9)11(12(14)16-3)13(15)17-4/h9-11H,1,5-7H2,2-4H3/t9-,10+/m0/s1. The van der Waals surface area contributed by atoms with Gasteiger partial charge in [-0.05, 0) is 31.6 Å². The lowest BCUT2D eigenvalue weighted by Crippen LogP contribution is -2.35. The Bertz CT molecular complexity index is 305. The molecule has 4 heteroatoms. The van der Waals surface area contributed by atoms with Crippen LogP contribution in [0.15, 0.2) is 12.2 Å². The van der Waals surface area contributed by atoms with Crippen molar-refractivity contribution in [2.45, 2.75) is 26.2 Å². The Morgan fingerprint density at radius 1 is 1.18 bits per heavy atom. The van der Waals surface area contributed by atoms with Crippen LogP contribution in [0.5, 0.6) is 0 Å². The van der Waals surface area contributed by atoms with Crippen molar-refractivity contribution in [2.75, 3.05) is 14.2 Å². The largest absolute Gasteiger partial charge is 0.468 e. The van der Waals surface area contributed by atoms with Crippen LogP contribution in [0, 0.1) is 17.8 Å². The van der Waals surface area contributed by atoms with Crippen molar-refractivity contribution in [1.29, 1.82) is 0 Å². The van der Waals surface area contributed by atoms with Gasteiger partial charge >= 0.3 is 11.9 Å². The second-order valence-electron chi connectivity index (χ2n) is 4.57. The highest BCUT2D eigenvalue weighted by molar-refractivity contribution is 5.95. The van der Waals surface area contributed by atoms with Gasteiger partial charge < -0.3 is 9.47 Å². The lowest BCUT2D eigenvalue weighted by atomic mass is 9.80. The lowest BCUT2D eigenvalue weighted by Gasteiger charge is -2.25. The van der Waals surface area contributed by atoms with Gasteiger partial charge in [0.15, 0.2) is 5.92 Å². The lowest BCUT2D eigenvalue weighted by molar-refractivity contribution is -0.162. The number of ether oxygens (including phenoxy) is 2. The first-order valence-corrected chi connectivity index (χ1v) is 5.84. The first-order chi connectivity index (χ1) is 8.02.